The second-order valence-corrected chi connectivity index (χ2v) is 6.48. The van der Waals surface area contributed by atoms with Crippen molar-refractivity contribution < 1.29 is 13.5 Å². The van der Waals surface area contributed by atoms with Gasteiger partial charge in [0.25, 0.3) is 0 Å². The number of anilines is 1. The maximum Gasteiger partial charge on any atom is 0.152 e. The van der Waals surface area contributed by atoms with Gasteiger partial charge in [-0.1, -0.05) is 0 Å². The summed E-state index contributed by atoms with van der Waals surface area (Å²) in [6.07, 6.45) is 2.27. The van der Waals surface area contributed by atoms with E-state index in [-0.39, 0.29) is 18.1 Å². The number of aromatic nitrogens is 1. The molecule has 0 radical (unpaired) electrons. The second kappa shape index (κ2) is 5.01. The molecule has 0 amide bonds. The molecule has 1 fully saturated rings. The minimum atomic E-state index is -2.89. The van der Waals surface area contributed by atoms with Crippen LogP contribution in [0.3, 0.4) is 0 Å². The van der Waals surface area contributed by atoms with E-state index in [2.05, 4.69) is 4.98 Å². The smallest absolute Gasteiger partial charge is 0.152 e. The third kappa shape index (κ3) is 3.17. The number of nitrogens with zero attached hydrogens (tertiary/aromatic N) is 2. The molecule has 0 aliphatic carbocycles. The van der Waals surface area contributed by atoms with Gasteiger partial charge in [-0.05, 0) is 24.1 Å². The molecule has 1 aliphatic heterocycles. The van der Waals surface area contributed by atoms with Crippen LogP contribution in [0, 0.1) is 0 Å². The number of pyridine rings is 1. The Balaban J connectivity index is 2.16. The van der Waals surface area contributed by atoms with Crippen LogP contribution < -0.4 is 4.90 Å². The van der Waals surface area contributed by atoms with Gasteiger partial charge in [0.2, 0.25) is 0 Å². The SMILES string of the molecule is O=S1(=O)CCCN(c2cc(CO)ccn2)CC1. The van der Waals surface area contributed by atoms with Crippen LogP contribution in [0.25, 0.3) is 0 Å². The molecule has 5 nitrogen and oxygen atoms in total. The van der Waals surface area contributed by atoms with Crippen molar-refractivity contribution in [2.75, 3.05) is 29.5 Å². The highest BCUT2D eigenvalue weighted by Gasteiger charge is 2.19. The van der Waals surface area contributed by atoms with Gasteiger partial charge in [0.05, 0.1) is 18.1 Å². The van der Waals surface area contributed by atoms with Crippen molar-refractivity contribution in [2.45, 2.75) is 13.0 Å². The van der Waals surface area contributed by atoms with E-state index in [0.717, 1.165) is 11.4 Å². The van der Waals surface area contributed by atoms with Crippen molar-refractivity contribution in [1.82, 2.24) is 4.98 Å². The third-order valence-electron chi connectivity index (χ3n) is 2.87. The molecule has 2 heterocycles. The Labute approximate surface area is 101 Å². The molecule has 1 saturated heterocycles. The van der Waals surface area contributed by atoms with E-state index in [0.29, 0.717) is 19.5 Å². The first-order chi connectivity index (χ1) is 8.11. The maximum absolute atomic E-state index is 11.5. The first-order valence-electron chi connectivity index (χ1n) is 5.62. The zero-order chi connectivity index (χ0) is 12.3. The largest absolute Gasteiger partial charge is 0.392 e. The molecule has 17 heavy (non-hydrogen) atoms. The Morgan fingerprint density at radius 3 is 2.94 bits per heavy atom. The van der Waals surface area contributed by atoms with Crippen LogP contribution in [-0.4, -0.2) is 43.1 Å². The first-order valence-corrected chi connectivity index (χ1v) is 7.44. The first kappa shape index (κ1) is 12.3. The maximum atomic E-state index is 11.5. The second-order valence-electron chi connectivity index (χ2n) is 4.17. The summed E-state index contributed by atoms with van der Waals surface area (Å²) in [4.78, 5) is 6.18. The van der Waals surface area contributed by atoms with Crippen molar-refractivity contribution in [3.8, 4) is 0 Å². The minimum absolute atomic E-state index is 0.0261. The summed E-state index contributed by atoms with van der Waals surface area (Å²) in [6.45, 7) is 1.15. The van der Waals surface area contributed by atoms with E-state index >= 15 is 0 Å². The van der Waals surface area contributed by atoms with Gasteiger partial charge in [-0.2, -0.15) is 0 Å². The molecule has 0 spiro atoms. The lowest BCUT2D eigenvalue weighted by Crippen LogP contribution is -2.27. The van der Waals surface area contributed by atoms with Gasteiger partial charge in [0, 0.05) is 19.3 Å². The van der Waals surface area contributed by atoms with Crippen molar-refractivity contribution in [3.63, 3.8) is 0 Å². The van der Waals surface area contributed by atoms with Gasteiger partial charge >= 0.3 is 0 Å². The summed E-state index contributed by atoms with van der Waals surface area (Å²) in [7, 11) is -2.89. The number of aliphatic hydroxyl groups excluding tert-OH is 1. The van der Waals surface area contributed by atoms with E-state index in [1.165, 1.54) is 0 Å². The Hall–Kier alpha value is -1.14. The minimum Gasteiger partial charge on any atom is -0.392 e. The molecule has 2 rings (SSSR count). The zero-order valence-corrected chi connectivity index (χ0v) is 10.4. The quantitative estimate of drug-likeness (QED) is 0.818. The molecule has 0 aromatic carbocycles. The Morgan fingerprint density at radius 2 is 2.18 bits per heavy atom. The molecule has 0 bridgehead atoms. The molecule has 1 aromatic heterocycles. The third-order valence-corrected chi connectivity index (χ3v) is 4.59. The molecule has 0 unspecified atom stereocenters. The normalized spacial score (nSPS) is 19.9. The molecule has 1 aromatic rings. The van der Waals surface area contributed by atoms with Crippen LogP contribution >= 0.6 is 0 Å². The van der Waals surface area contributed by atoms with Crippen molar-refractivity contribution in [3.05, 3.63) is 23.9 Å². The van der Waals surface area contributed by atoms with E-state index in [4.69, 9.17) is 5.11 Å². The highest BCUT2D eigenvalue weighted by molar-refractivity contribution is 7.91. The highest BCUT2D eigenvalue weighted by Crippen LogP contribution is 2.16. The van der Waals surface area contributed by atoms with Crippen LogP contribution in [0.4, 0.5) is 5.82 Å². The number of rotatable bonds is 2. The summed E-state index contributed by atoms with van der Waals surface area (Å²) in [5.41, 5.74) is 0.794. The van der Waals surface area contributed by atoms with E-state index in [9.17, 15) is 8.42 Å². The Kier molecular flexibility index (Phi) is 3.63. The van der Waals surface area contributed by atoms with Gasteiger partial charge in [-0.3, -0.25) is 0 Å². The van der Waals surface area contributed by atoms with Crippen molar-refractivity contribution >= 4 is 15.7 Å². The van der Waals surface area contributed by atoms with Gasteiger partial charge in [0.1, 0.15) is 5.82 Å². The average molecular weight is 256 g/mol. The topological polar surface area (TPSA) is 70.5 Å². The molecule has 6 heteroatoms. The predicted octanol–water partition coefficient (Wildman–Crippen LogP) is 0.199. The number of hydrogen-bond acceptors (Lipinski definition) is 5. The van der Waals surface area contributed by atoms with Gasteiger partial charge < -0.3 is 10.0 Å². The standard InChI is InChI=1S/C11H16N2O3S/c14-9-10-2-3-12-11(8-10)13-4-1-6-17(15,16)7-5-13/h2-3,8,14H,1,4-7,9H2. The monoisotopic (exact) mass is 256 g/mol. The summed E-state index contributed by atoms with van der Waals surface area (Å²) in [5.74, 6) is 1.18. The summed E-state index contributed by atoms with van der Waals surface area (Å²) >= 11 is 0. The molecular formula is C11H16N2O3S. The summed E-state index contributed by atoms with van der Waals surface area (Å²) in [5, 5.41) is 9.06. The fourth-order valence-electron chi connectivity index (χ4n) is 1.90. The van der Waals surface area contributed by atoms with Crippen LogP contribution in [0.15, 0.2) is 18.3 Å². The van der Waals surface area contributed by atoms with Gasteiger partial charge in [0.15, 0.2) is 9.84 Å². The molecular weight excluding hydrogens is 240 g/mol. The summed E-state index contributed by atoms with van der Waals surface area (Å²) in [6, 6.07) is 3.55. The van der Waals surface area contributed by atoms with Crippen molar-refractivity contribution in [2.24, 2.45) is 0 Å². The molecule has 1 N–H and O–H groups in total. The highest BCUT2D eigenvalue weighted by atomic mass is 32.2. The Morgan fingerprint density at radius 1 is 1.35 bits per heavy atom. The Bertz CT molecular complexity index is 487. The molecule has 1 aliphatic rings. The van der Waals surface area contributed by atoms with Gasteiger partial charge in [-0.25, -0.2) is 13.4 Å². The molecule has 0 saturated carbocycles. The van der Waals surface area contributed by atoms with Gasteiger partial charge in [-0.15, -0.1) is 0 Å². The summed E-state index contributed by atoms with van der Waals surface area (Å²) < 4.78 is 23.0. The van der Waals surface area contributed by atoms with Crippen LogP contribution in [-0.2, 0) is 16.4 Å². The lowest BCUT2D eigenvalue weighted by atomic mass is 10.2. The number of aliphatic hydroxyl groups is 1. The van der Waals surface area contributed by atoms with Crippen LogP contribution in [0.1, 0.15) is 12.0 Å². The fraction of sp³-hybridized carbons (Fsp3) is 0.545. The van der Waals surface area contributed by atoms with Crippen molar-refractivity contribution in [1.29, 1.82) is 0 Å². The average Bonchev–Trinajstić information content (AvgIpc) is 2.50. The lowest BCUT2D eigenvalue weighted by Gasteiger charge is -2.21. The van der Waals surface area contributed by atoms with Crippen LogP contribution in [0.2, 0.25) is 0 Å². The van der Waals surface area contributed by atoms with E-state index < -0.39 is 9.84 Å². The van der Waals surface area contributed by atoms with E-state index in [1.54, 1.807) is 18.3 Å². The molecule has 94 valence electrons. The lowest BCUT2D eigenvalue weighted by molar-refractivity contribution is 0.281. The zero-order valence-electron chi connectivity index (χ0n) is 9.54. The van der Waals surface area contributed by atoms with Crippen LogP contribution in [0.5, 0.6) is 0 Å². The predicted molar refractivity (Wildman–Crippen MR) is 65.6 cm³/mol. The van der Waals surface area contributed by atoms with E-state index in [1.807, 2.05) is 4.90 Å². The number of sulfone groups is 1. The molecule has 0 atom stereocenters. The fourth-order valence-corrected chi connectivity index (χ4v) is 3.17. The number of hydrogen-bond donors (Lipinski definition) is 1.